The Morgan fingerprint density at radius 3 is 2.67 bits per heavy atom. The van der Waals surface area contributed by atoms with E-state index in [9.17, 15) is 4.79 Å². The van der Waals surface area contributed by atoms with Gasteiger partial charge < -0.3 is 5.32 Å². The number of thioether (sulfide) groups is 1. The SMILES string of the molecule is CC(C)C(Cn1nccn1)NC(=O)CSc1nnnn1C. The van der Waals surface area contributed by atoms with Gasteiger partial charge in [-0.1, -0.05) is 25.6 Å². The molecule has 0 saturated carbocycles. The van der Waals surface area contributed by atoms with Crippen molar-refractivity contribution in [3.05, 3.63) is 12.4 Å². The number of aryl methyl sites for hydroxylation is 1. The van der Waals surface area contributed by atoms with Crippen LogP contribution in [0, 0.1) is 5.92 Å². The van der Waals surface area contributed by atoms with Crippen molar-refractivity contribution >= 4 is 17.7 Å². The summed E-state index contributed by atoms with van der Waals surface area (Å²) in [5.74, 6) is 0.486. The van der Waals surface area contributed by atoms with E-state index in [2.05, 4.69) is 31.0 Å². The van der Waals surface area contributed by atoms with E-state index in [0.717, 1.165) is 0 Å². The predicted molar refractivity (Wildman–Crippen MR) is 76.3 cm³/mol. The first kappa shape index (κ1) is 15.4. The molecule has 0 aliphatic rings. The molecule has 0 aliphatic carbocycles. The Balaban J connectivity index is 1.85. The van der Waals surface area contributed by atoms with Crippen molar-refractivity contribution in [1.82, 2.24) is 40.5 Å². The lowest BCUT2D eigenvalue weighted by atomic mass is 10.0. The largest absolute Gasteiger partial charge is 0.350 e. The van der Waals surface area contributed by atoms with Crippen LogP contribution in [0.2, 0.25) is 0 Å². The van der Waals surface area contributed by atoms with Crippen molar-refractivity contribution < 1.29 is 4.79 Å². The monoisotopic (exact) mass is 310 g/mol. The molecule has 0 bridgehead atoms. The minimum Gasteiger partial charge on any atom is -0.350 e. The smallest absolute Gasteiger partial charge is 0.230 e. The van der Waals surface area contributed by atoms with Crippen molar-refractivity contribution in [2.24, 2.45) is 13.0 Å². The Bertz CT molecular complexity index is 567. The Kier molecular flexibility index (Phi) is 5.26. The predicted octanol–water partition coefficient (Wildman–Crippen LogP) is -0.265. The molecule has 0 saturated heterocycles. The number of carbonyl (C=O) groups is 1. The second kappa shape index (κ2) is 7.16. The first-order valence-corrected chi connectivity index (χ1v) is 7.53. The quantitative estimate of drug-likeness (QED) is 0.702. The summed E-state index contributed by atoms with van der Waals surface area (Å²) in [7, 11) is 1.74. The van der Waals surface area contributed by atoms with Crippen molar-refractivity contribution in [3.63, 3.8) is 0 Å². The lowest BCUT2D eigenvalue weighted by molar-refractivity contribution is -0.119. The van der Waals surface area contributed by atoms with E-state index in [0.29, 0.717) is 11.7 Å². The average molecular weight is 310 g/mol. The topological polar surface area (TPSA) is 103 Å². The van der Waals surface area contributed by atoms with Crippen LogP contribution in [-0.4, -0.2) is 52.9 Å². The van der Waals surface area contributed by atoms with Crippen LogP contribution < -0.4 is 5.32 Å². The summed E-state index contributed by atoms with van der Waals surface area (Å²) >= 11 is 1.30. The van der Waals surface area contributed by atoms with Gasteiger partial charge in [0.25, 0.3) is 0 Å². The van der Waals surface area contributed by atoms with E-state index in [4.69, 9.17) is 0 Å². The summed E-state index contributed by atoms with van der Waals surface area (Å²) < 4.78 is 1.53. The maximum Gasteiger partial charge on any atom is 0.230 e. The number of aromatic nitrogens is 7. The highest BCUT2D eigenvalue weighted by molar-refractivity contribution is 7.99. The van der Waals surface area contributed by atoms with Crippen LogP contribution >= 0.6 is 11.8 Å². The van der Waals surface area contributed by atoms with Crippen molar-refractivity contribution in [2.45, 2.75) is 31.6 Å². The van der Waals surface area contributed by atoms with Crippen LogP contribution in [-0.2, 0) is 18.4 Å². The second-order valence-electron chi connectivity index (χ2n) is 4.88. The molecule has 2 aromatic rings. The summed E-state index contributed by atoms with van der Waals surface area (Å²) in [5.41, 5.74) is 0. The number of amides is 1. The number of nitrogens with one attached hydrogen (secondary N) is 1. The third-order valence-corrected chi connectivity index (χ3v) is 3.90. The zero-order valence-corrected chi connectivity index (χ0v) is 13.0. The van der Waals surface area contributed by atoms with Gasteiger partial charge in [-0.25, -0.2) is 4.68 Å². The van der Waals surface area contributed by atoms with Crippen LogP contribution in [0.15, 0.2) is 17.6 Å². The lowest BCUT2D eigenvalue weighted by Gasteiger charge is -2.21. The highest BCUT2D eigenvalue weighted by Crippen LogP contribution is 2.12. The van der Waals surface area contributed by atoms with Crippen molar-refractivity contribution in [3.8, 4) is 0 Å². The van der Waals surface area contributed by atoms with Gasteiger partial charge in [-0.05, 0) is 16.3 Å². The molecular formula is C11H18N8OS. The van der Waals surface area contributed by atoms with E-state index in [1.807, 2.05) is 13.8 Å². The molecule has 0 fully saturated rings. The molecule has 2 heterocycles. The molecule has 1 amide bonds. The summed E-state index contributed by atoms with van der Waals surface area (Å²) in [5, 5.41) is 22.8. The third kappa shape index (κ3) is 4.52. The van der Waals surface area contributed by atoms with E-state index < -0.39 is 0 Å². The molecule has 1 atom stereocenters. The van der Waals surface area contributed by atoms with Crippen LogP contribution in [0.4, 0.5) is 0 Å². The van der Waals surface area contributed by atoms with Crippen LogP contribution in [0.3, 0.4) is 0 Å². The van der Waals surface area contributed by atoms with Crippen LogP contribution in [0.25, 0.3) is 0 Å². The minimum absolute atomic E-state index is 0.0249. The Labute approximate surface area is 126 Å². The molecule has 0 aliphatic heterocycles. The van der Waals surface area contributed by atoms with Gasteiger partial charge >= 0.3 is 0 Å². The van der Waals surface area contributed by atoms with Gasteiger partial charge in [-0.2, -0.15) is 15.0 Å². The molecular weight excluding hydrogens is 292 g/mol. The van der Waals surface area contributed by atoms with Gasteiger partial charge in [0.2, 0.25) is 11.1 Å². The van der Waals surface area contributed by atoms with Gasteiger partial charge in [-0.3, -0.25) is 4.79 Å². The van der Waals surface area contributed by atoms with Gasteiger partial charge in [0.05, 0.1) is 30.7 Å². The molecule has 2 aromatic heterocycles. The van der Waals surface area contributed by atoms with E-state index in [1.165, 1.54) is 16.4 Å². The average Bonchev–Trinajstić information content (AvgIpc) is 3.07. The molecule has 10 heteroatoms. The standard InChI is InChI=1S/C11H18N8OS/c1-8(2)9(6-19-12-4-5-13-19)14-10(20)7-21-11-15-16-17-18(11)3/h4-5,8-9H,6-7H2,1-3H3,(H,14,20). The molecule has 114 valence electrons. The lowest BCUT2D eigenvalue weighted by Crippen LogP contribution is -2.42. The van der Waals surface area contributed by atoms with Crippen LogP contribution in [0.5, 0.6) is 0 Å². The zero-order chi connectivity index (χ0) is 15.2. The fraction of sp³-hybridized carbons (Fsp3) is 0.636. The van der Waals surface area contributed by atoms with Gasteiger partial charge in [0.15, 0.2) is 0 Å². The number of hydrogen-bond donors (Lipinski definition) is 1. The van der Waals surface area contributed by atoms with E-state index in [1.54, 1.807) is 24.2 Å². The molecule has 1 N–H and O–H groups in total. The van der Waals surface area contributed by atoms with Crippen molar-refractivity contribution in [1.29, 1.82) is 0 Å². The molecule has 0 spiro atoms. The number of hydrogen-bond acceptors (Lipinski definition) is 7. The third-order valence-electron chi connectivity index (χ3n) is 2.89. The maximum atomic E-state index is 12.0. The first-order valence-electron chi connectivity index (χ1n) is 6.55. The molecule has 1 unspecified atom stereocenters. The van der Waals surface area contributed by atoms with Gasteiger partial charge in [0.1, 0.15) is 0 Å². The summed E-state index contributed by atoms with van der Waals surface area (Å²) in [6.07, 6.45) is 3.24. The van der Waals surface area contributed by atoms with Crippen LogP contribution in [0.1, 0.15) is 13.8 Å². The number of rotatable bonds is 7. The normalized spacial score (nSPS) is 12.6. The molecule has 9 nitrogen and oxygen atoms in total. The molecule has 0 radical (unpaired) electrons. The second-order valence-corrected chi connectivity index (χ2v) is 5.82. The highest BCUT2D eigenvalue weighted by Gasteiger charge is 2.18. The number of tetrazole rings is 1. The fourth-order valence-corrected chi connectivity index (χ4v) is 2.32. The summed E-state index contributed by atoms with van der Waals surface area (Å²) in [6.45, 7) is 4.65. The van der Waals surface area contributed by atoms with Crippen molar-refractivity contribution in [2.75, 3.05) is 5.75 Å². The molecule has 21 heavy (non-hydrogen) atoms. The first-order chi connectivity index (χ1) is 10.1. The Morgan fingerprint density at radius 1 is 1.38 bits per heavy atom. The zero-order valence-electron chi connectivity index (χ0n) is 12.2. The molecule has 2 rings (SSSR count). The maximum absolute atomic E-state index is 12.0. The Hall–Kier alpha value is -1.97. The minimum atomic E-state index is -0.0612. The van der Waals surface area contributed by atoms with E-state index >= 15 is 0 Å². The van der Waals surface area contributed by atoms with Gasteiger partial charge in [-0.15, -0.1) is 5.10 Å². The van der Waals surface area contributed by atoms with E-state index in [-0.39, 0.29) is 23.6 Å². The summed E-state index contributed by atoms with van der Waals surface area (Å²) in [4.78, 5) is 13.6. The fourth-order valence-electron chi connectivity index (χ4n) is 1.66. The number of carbonyl (C=O) groups excluding carboxylic acids is 1. The molecule has 0 aromatic carbocycles. The summed E-state index contributed by atoms with van der Waals surface area (Å²) in [6, 6.07) is -0.0249. The number of nitrogens with zero attached hydrogens (tertiary/aromatic N) is 7. The van der Waals surface area contributed by atoms with Gasteiger partial charge in [0, 0.05) is 7.05 Å². The Morgan fingerprint density at radius 2 is 2.10 bits per heavy atom. The highest BCUT2D eigenvalue weighted by atomic mass is 32.2.